The lowest BCUT2D eigenvalue weighted by molar-refractivity contribution is -0.275. The van der Waals surface area contributed by atoms with Crippen molar-refractivity contribution in [1.82, 2.24) is 4.98 Å². The summed E-state index contributed by atoms with van der Waals surface area (Å²) in [4.78, 5) is 3.28. The Morgan fingerprint density at radius 2 is 2.06 bits per heavy atom. The maximum Gasteiger partial charge on any atom is 0.573 e. The van der Waals surface area contributed by atoms with E-state index >= 15 is 0 Å². The Morgan fingerprint density at radius 3 is 2.50 bits per heavy atom. The highest BCUT2D eigenvalue weighted by atomic mass is 79.9. The zero-order valence-electron chi connectivity index (χ0n) is 8.43. The summed E-state index contributed by atoms with van der Waals surface area (Å²) < 4.78 is 64.4. The highest BCUT2D eigenvalue weighted by Gasteiger charge is 2.34. The lowest BCUT2D eigenvalue weighted by Gasteiger charge is -2.14. The molecule has 0 bridgehead atoms. The van der Waals surface area contributed by atoms with Crippen molar-refractivity contribution in [2.45, 2.75) is 19.2 Å². The predicted octanol–water partition coefficient (Wildman–Crippen LogP) is 3.75. The molecule has 0 aliphatic carbocycles. The monoisotopic (exact) mass is 330 g/mol. The van der Waals surface area contributed by atoms with Gasteiger partial charge in [-0.3, -0.25) is 0 Å². The summed E-state index contributed by atoms with van der Waals surface area (Å²) in [6.07, 6.45) is -8.54. The number of alkyl halides is 5. The quantitative estimate of drug-likeness (QED) is 0.793. The Bertz CT molecular complexity index is 483. The molecule has 98 valence electrons. The smallest absolute Gasteiger partial charge is 0.403 e. The number of nitriles is 1. The number of hydrogen-bond donors (Lipinski definition) is 0. The summed E-state index contributed by atoms with van der Waals surface area (Å²) in [5.74, 6) is -0.784. The molecule has 9 heteroatoms. The van der Waals surface area contributed by atoms with Crippen molar-refractivity contribution in [1.29, 1.82) is 5.26 Å². The first kappa shape index (κ1) is 14.6. The van der Waals surface area contributed by atoms with E-state index < -0.39 is 36.3 Å². The summed E-state index contributed by atoms with van der Waals surface area (Å²) in [6.45, 7) is 0. The van der Waals surface area contributed by atoms with Crippen molar-refractivity contribution < 1.29 is 26.7 Å². The van der Waals surface area contributed by atoms with Gasteiger partial charge in [-0.15, -0.1) is 13.2 Å². The fourth-order valence-electron chi connectivity index (χ4n) is 1.10. The minimum atomic E-state index is -5.00. The molecule has 0 saturated heterocycles. The van der Waals surface area contributed by atoms with Gasteiger partial charge in [0.15, 0.2) is 5.75 Å². The highest BCUT2D eigenvalue weighted by Crippen LogP contribution is 2.35. The van der Waals surface area contributed by atoms with Gasteiger partial charge in [-0.2, -0.15) is 5.26 Å². The van der Waals surface area contributed by atoms with Crippen LogP contribution < -0.4 is 4.74 Å². The molecule has 0 fully saturated rings. The summed E-state index contributed by atoms with van der Waals surface area (Å²) in [7, 11) is 0. The van der Waals surface area contributed by atoms with Crippen LogP contribution in [-0.4, -0.2) is 11.3 Å². The largest absolute Gasteiger partial charge is 0.573 e. The summed E-state index contributed by atoms with van der Waals surface area (Å²) in [5, 5.41) is 8.43. The van der Waals surface area contributed by atoms with E-state index in [1.165, 1.54) is 6.07 Å². The lowest BCUT2D eigenvalue weighted by atomic mass is 10.2. The minimum absolute atomic E-state index is 0.338. The molecular formula is C9H4BrF5N2O. The molecule has 1 aromatic heterocycles. The molecule has 1 heterocycles. The Labute approximate surface area is 106 Å². The second-order valence-electron chi connectivity index (χ2n) is 2.99. The maximum absolute atomic E-state index is 12.4. The van der Waals surface area contributed by atoms with Crippen LogP contribution in [0.25, 0.3) is 0 Å². The lowest BCUT2D eigenvalue weighted by Crippen LogP contribution is -2.19. The first-order valence-corrected chi connectivity index (χ1v) is 5.14. The summed E-state index contributed by atoms with van der Waals surface area (Å²) >= 11 is 2.68. The molecule has 0 radical (unpaired) electrons. The average Bonchev–Trinajstić information content (AvgIpc) is 2.21. The fourth-order valence-corrected chi connectivity index (χ4v) is 1.65. The van der Waals surface area contributed by atoms with E-state index in [0.29, 0.717) is 6.07 Å². The third kappa shape index (κ3) is 3.80. The number of nitrogens with zero attached hydrogens (tertiary/aromatic N) is 2. The van der Waals surface area contributed by atoms with Gasteiger partial charge < -0.3 is 4.74 Å². The van der Waals surface area contributed by atoms with Crippen molar-refractivity contribution in [2.24, 2.45) is 0 Å². The van der Waals surface area contributed by atoms with Gasteiger partial charge >= 0.3 is 6.36 Å². The number of halogens is 6. The summed E-state index contributed by atoms with van der Waals surface area (Å²) in [6, 6.07) is 2.24. The third-order valence-corrected chi connectivity index (χ3v) is 2.29. The minimum Gasteiger partial charge on any atom is -0.403 e. The second kappa shape index (κ2) is 5.48. The zero-order valence-corrected chi connectivity index (χ0v) is 10.0. The van der Waals surface area contributed by atoms with Crippen molar-refractivity contribution in [2.75, 3.05) is 0 Å². The van der Waals surface area contributed by atoms with E-state index in [9.17, 15) is 22.0 Å². The molecule has 0 unspecified atom stereocenters. The highest BCUT2D eigenvalue weighted by molar-refractivity contribution is 9.10. The molecule has 18 heavy (non-hydrogen) atoms. The van der Waals surface area contributed by atoms with Crippen LogP contribution in [0.1, 0.15) is 17.8 Å². The molecule has 1 aromatic rings. The van der Waals surface area contributed by atoms with Gasteiger partial charge in [0, 0.05) is 0 Å². The van der Waals surface area contributed by atoms with E-state index in [0.717, 1.165) is 0 Å². The first-order chi connectivity index (χ1) is 8.24. The molecule has 0 N–H and O–H groups in total. The summed E-state index contributed by atoms with van der Waals surface area (Å²) in [5.41, 5.74) is -1.24. The van der Waals surface area contributed by atoms with Crippen LogP contribution in [-0.2, 0) is 6.42 Å². The molecule has 0 spiro atoms. The predicted molar refractivity (Wildman–Crippen MR) is 52.9 cm³/mol. The van der Waals surface area contributed by atoms with Crippen molar-refractivity contribution in [3.8, 4) is 11.8 Å². The molecular weight excluding hydrogens is 327 g/mol. The molecule has 0 saturated carbocycles. The number of pyridine rings is 1. The molecule has 0 aliphatic rings. The normalized spacial score (nSPS) is 11.4. The van der Waals surface area contributed by atoms with Crippen LogP contribution in [0.5, 0.6) is 5.75 Å². The van der Waals surface area contributed by atoms with Gasteiger partial charge in [0.25, 0.3) is 6.43 Å². The van der Waals surface area contributed by atoms with Gasteiger partial charge in [-0.1, -0.05) is 0 Å². The standard InChI is InChI=1S/C9H4BrF5N2O/c10-4-3-6(8(11)12)17-5(1-2-16)7(4)18-9(13,14)15/h3,8H,1H2. The molecule has 0 amide bonds. The van der Waals surface area contributed by atoms with Crippen molar-refractivity contribution in [3.63, 3.8) is 0 Å². The van der Waals surface area contributed by atoms with Gasteiger partial charge in [-0.05, 0) is 22.0 Å². The SMILES string of the molecule is N#CCc1nc(C(F)F)cc(Br)c1OC(F)(F)F. The van der Waals surface area contributed by atoms with E-state index in [1.807, 2.05) is 0 Å². The van der Waals surface area contributed by atoms with Gasteiger partial charge in [-0.25, -0.2) is 13.8 Å². The van der Waals surface area contributed by atoms with Gasteiger partial charge in [0.1, 0.15) is 5.69 Å². The Kier molecular flexibility index (Phi) is 4.45. The second-order valence-corrected chi connectivity index (χ2v) is 3.84. The Balaban J connectivity index is 3.28. The van der Waals surface area contributed by atoms with Crippen LogP contribution in [0.3, 0.4) is 0 Å². The van der Waals surface area contributed by atoms with Crippen molar-refractivity contribution in [3.05, 3.63) is 21.9 Å². The Hall–Kier alpha value is -1.43. The van der Waals surface area contributed by atoms with Crippen molar-refractivity contribution >= 4 is 15.9 Å². The van der Waals surface area contributed by atoms with Crippen LogP contribution >= 0.6 is 15.9 Å². The third-order valence-electron chi connectivity index (χ3n) is 1.71. The van der Waals surface area contributed by atoms with Crippen LogP contribution in [0.4, 0.5) is 22.0 Å². The van der Waals surface area contributed by atoms with Crippen LogP contribution in [0.15, 0.2) is 10.5 Å². The molecule has 0 atom stereocenters. The number of hydrogen-bond acceptors (Lipinski definition) is 3. The van der Waals surface area contributed by atoms with E-state index in [2.05, 4.69) is 25.7 Å². The number of rotatable bonds is 3. The van der Waals surface area contributed by atoms with Gasteiger partial charge in [0.05, 0.1) is 22.7 Å². The maximum atomic E-state index is 12.4. The van der Waals surface area contributed by atoms with Crippen LogP contribution in [0, 0.1) is 11.3 Å². The van der Waals surface area contributed by atoms with E-state index in [1.54, 1.807) is 0 Å². The molecule has 0 aromatic carbocycles. The number of ether oxygens (including phenoxy) is 1. The molecule has 1 rings (SSSR count). The molecule has 0 aliphatic heterocycles. The zero-order chi connectivity index (χ0) is 13.9. The van der Waals surface area contributed by atoms with E-state index in [-0.39, 0.29) is 4.47 Å². The average molecular weight is 331 g/mol. The fraction of sp³-hybridized carbons (Fsp3) is 0.333. The number of aromatic nitrogens is 1. The Morgan fingerprint density at radius 1 is 1.44 bits per heavy atom. The first-order valence-electron chi connectivity index (χ1n) is 4.34. The van der Waals surface area contributed by atoms with Gasteiger partial charge in [0.2, 0.25) is 0 Å². The molecule has 3 nitrogen and oxygen atoms in total. The topological polar surface area (TPSA) is 45.9 Å². The van der Waals surface area contributed by atoms with E-state index in [4.69, 9.17) is 5.26 Å². The van der Waals surface area contributed by atoms with Crippen LogP contribution in [0.2, 0.25) is 0 Å².